The molecule has 1 aliphatic rings. The molecule has 1 saturated heterocycles. The van der Waals surface area contributed by atoms with Crippen molar-refractivity contribution in [2.45, 2.75) is 44.9 Å². The Kier molecular flexibility index (Phi) is 6.14. The predicted octanol–water partition coefficient (Wildman–Crippen LogP) is 3.04. The number of hydrogen-bond donors (Lipinski definition) is 1. The zero-order valence-electron chi connectivity index (χ0n) is 15.9. The molecular weight excluding hydrogens is 385 g/mol. The van der Waals surface area contributed by atoms with E-state index in [2.05, 4.69) is 15.3 Å². The number of halogens is 3. The smallest absolute Gasteiger partial charge is 0.352 e. The molecule has 1 aliphatic heterocycles. The second-order valence-corrected chi connectivity index (χ2v) is 6.92. The fourth-order valence-electron chi connectivity index (χ4n) is 3.44. The molecule has 1 N–H and O–H groups in total. The molecule has 0 saturated carbocycles. The quantitative estimate of drug-likeness (QED) is 0.828. The van der Waals surface area contributed by atoms with Crippen LogP contribution in [0.5, 0.6) is 0 Å². The summed E-state index contributed by atoms with van der Waals surface area (Å²) < 4.78 is 40.7. The molecule has 0 aliphatic carbocycles. The van der Waals surface area contributed by atoms with Crippen LogP contribution in [0.4, 0.5) is 13.2 Å². The molecule has 1 fully saturated rings. The molecule has 6 nitrogen and oxygen atoms in total. The van der Waals surface area contributed by atoms with Gasteiger partial charge >= 0.3 is 6.18 Å². The first-order valence-corrected chi connectivity index (χ1v) is 9.25. The van der Waals surface area contributed by atoms with E-state index in [-0.39, 0.29) is 30.1 Å². The van der Waals surface area contributed by atoms with Gasteiger partial charge in [0.1, 0.15) is 0 Å². The molecule has 0 bridgehead atoms. The van der Waals surface area contributed by atoms with Gasteiger partial charge in [-0.25, -0.2) is 0 Å². The minimum absolute atomic E-state index is 0.0874. The number of pyridine rings is 2. The fraction of sp³-hybridized carbons (Fsp3) is 0.400. The highest BCUT2D eigenvalue weighted by Crippen LogP contribution is 2.37. The third kappa shape index (κ3) is 5.10. The Balaban J connectivity index is 1.84. The van der Waals surface area contributed by atoms with Crippen molar-refractivity contribution < 1.29 is 22.8 Å². The summed E-state index contributed by atoms with van der Waals surface area (Å²) in [4.78, 5) is 33.7. The molecular formula is C20H21F3N4O2. The zero-order valence-corrected chi connectivity index (χ0v) is 15.9. The van der Waals surface area contributed by atoms with Crippen LogP contribution >= 0.6 is 0 Å². The van der Waals surface area contributed by atoms with Crippen molar-refractivity contribution >= 4 is 11.8 Å². The van der Waals surface area contributed by atoms with Gasteiger partial charge in [-0.1, -0.05) is 6.07 Å². The first-order chi connectivity index (χ1) is 13.8. The van der Waals surface area contributed by atoms with Crippen LogP contribution in [0.25, 0.3) is 0 Å². The van der Waals surface area contributed by atoms with Crippen molar-refractivity contribution in [1.82, 2.24) is 20.2 Å². The van der Waals surface area contributed by atoms with Crippen LogP contribution in [0.2, 0.25) is 0 Å². The molecule has 2 aromatic heterocycles. The van der Waals surface area contributed by atoms with E-state index in [9.17, 15) is 22.8 Å². The number of nitrogens with zero attached hydrogens (tertiary/aromatic N) is 3. The summed E-state index contributed by atoms with van der Waals surface area (Å²) in [5, 5.41) is 2.37. The van der Waals surface area contributed by atoms with Crippen molar-refractivity contribution in [3.63, 3.8) is 0 Å². The molecule has 3 heterocycles. The number of nitrogens with one attached hydrogen (secondary N) is 1. The van der Waals surface area contributed by atoms with E-state index in [0.29, 0.717) is 25.1 Å². The molecule has 2 amide bonds. The number of alkyl halides is 3. The molecule has 0 unspecified atom stereocenters. The second-order valence-electron chi connectivity index (χ2n) is 6.92. The number of carbonyl (C=O) groups excluding carboxylic acids is 2. The second kappa shape index (κ2) is 8.59. The molecule has 29 heavy (non-hydrogen) atoms. The lowest BCUT2D eigenvalue weighted by Crippen LogP contribution is -2.32. The van der Waals surface area contributed by atoms with Crippen LogP contribution in [-0.2, 0) is 28.7 Å². The minimum Gasteiger partial charge on any atom is -0.352 e. The summed E-state index contributed by atoms with van der Waals surface area (Å²) in [6.45, 7) is 1.44. The average molecular weight is 406 g/mol. The maximum absolute atomic E-state index is 13.6. The normalized spacial score (nSPS) is 16.7. The number of aromatic nitrogens is 2. The average Bonchev–Trinajstić information content (AvgIpc) is 3.16. The lowest BCUT2D eigenvalue weighted by Gasteiger charge is -2.25. The van der Waals surface area contributed by atoms with E-state index in [4.69, 9.17) is 0 Å². The highest BCUT2D eigenvalue weighted by atomic mass is 19.4. The summed E-state index contributed by atoms with van der Waals surface area (Å²) in [5.41, 5.74) is -0.144. The zero-order chi connectivity index (χ0) is 21.0. The van der Waals surface area contributed by atoms with Crippen molar-refractivity contribution in [3.05, 3.63) is 59.2 Å². The van der Waals surface area contributed by atoms with Gasteiger partial charge in [0.05, 0.1) is 23.7 Å². The van der Waals surface area contributed by atoms with Gasteiger partial charge < -0.3 is 10.2 Å². The molecule has 2 aromatic rings. The van der Waals surface area contributed by atoms with E-state index in [1.807, 2.05) is 0 Å². The van der Waals surface area contributed by atoms with Crippen LogP contribution in [0.3, 0.4) is 0 Å². The molecule has 0 spiro atoms. The summed E-state index contributed by atoms with van der Waals surface area (Å²) in [6.07, 6.45) is -0.543. The third-order valence-electron chi connectivity index (χ3n) is 4.81. The Labute approximate surface area is 166 Å². The Bertz CT molecular complexity index is 887. The van der Waals surface area contributed by atoms with Crippen molar-refractivity contribution in [1.29, 1.82) is 0 Å². The first-order valence-electron chi connectivity index (χ1n) is 9.25. The highest BCUT2D eigenvalue weighted by Gasteiger charge is 2.37. The molecule has 9 heteroatoms. The van der Waals surface area contributed by atoms with Crippen LogP contribution in [0.15, 0.2) is 36.7 Å². The monoisotopic (exact) mass is 406 g/mol. The minimum atomic E-state index is -4.59. The van der Waals surface area contributed by atoms with Crippen LogP contribution in [0.1, 0.15) is 48.3 Å². The summed E-state index contributed by atoms with van der Waals surface area (Å²) in [7, 11) is 0. The van der Waals surface area contributed by atoms with Gasteiger partial charge in [0, 0.05) is 43.7 Å². The molecule has 0 radical (unpaired) electrons. The van der Waals surface area contributed by atoms with E-state index < -0.39 is 23.7 Å². The summed E-state index contributed by atoms with van der Waals surface area (Å²) >= 11 is 0. The molecule has 1 atom stereocenters. The molecule has 3 rings (SSSR count). The fourth-order valence-corrected chi connectivity index (χ4v) is 3.44. The Morgan fingerprint density at radius 3 is 2.72 bits per heavy atom. The maximum atomic E-state index is 13.6. The summed E-state index contributed by atoms with van der Waals surface area (Å²) in [6, 6.07) is 5.75. The largest absolute Gasteiger partial charge is 0.416 e. The SMILES string of the molecule is CC(=O)NCc1cnc([C@H]2CCCN2C(=O)Cc2ccccn2)cc1C(F)(F)F. The molecule has 0 aromatic carbocycles. The van der Waals surface area contributed by atoms with E-state index in [0.717, 1.165) is 12.3 Å². The number of likely N-dealkylation sites (tertiary alicyclic amines) is 1. The lowest BCUT2D eigenvalue weighted by molar-refractivity contribution is -0.138. The van der Waals surface area contributed by atoms with Gasteiger partial charge in [-0.05, 0) is 31.0 Å². The van der Waals surface area contributed by atoms with E-state index >= 15 is 0 Å². The van der Waals surface area contributed by atoms with Gasteiger partial charge in [-0.2, -0.15) is 13.2 Å². The van der Waals surface area contributed by atoms with Gasteiger partial charge in [-0.15, -0.1) is 0 Å². The van der Waals surface area contributed by atoms with Crippen molar-refractivity contribution in [3.8, 4) is 0 Å². The Morgan fingerprint density at radius 1 is 1.28 bits per heavy atom. The predicted molar refractivity (Wildman–Crippen MR) is 98.4 cm³/mol. The van der Waals surface area contributed by atoms with Gasteiger partial charge in [0.25, 0.3) is 0 Å². The number of carbonyl (C=O) groups is 2. The van der Waals surface area contributed by atoms with Crippen molar-refractivity contribution in [2.75, 3.05) is 6.54 Å². The van der Waals surface area contributed by atoms with Gasteiger partial charge in [0.15, 0.2) is 0 Å². The number of hydrogen-bond acceptors (Lipinski definition) is 4. The highest BCUT2D eigenvalue weighted by molar-refractivity contribution is 5.79. The van der Waals surface area contributed by atoms with Crippen molar-refractivity contribution in [2.24, 2.45) is 0 Å². The standard InChI is InChI=1S/C20H21F3N4O2/c1-13(28)25-11-14-12-26-17(10-16(14)20(21,22)23)18-6-4-8-27(18)19(29)9-15-5-2-3-7-24-15/h2-3,5,7,10,12,18H,4,6,8-9,11H2,1H3,(H,25,28)/t18-/m1/s1. The number of amides is 2. The number of rotatable bonds is 5. The first kappa shape index (κ1) is 20.8. The van der Waals surface area contributed by atoms with Gasteiger partial charge in [0.2, 0.25) is 11.8 Å². The van der Waals surface area contributed by atoms with E-state index in [1.54, 1.807) is 29.3 Å². The topological polar surface area (TPSA) is 75.2 Å². The van der Waals surface area contributed by atoms with Crippen LogP contribution < -0.4 is 5.32 Å². The third-order valence-corrected chi connectivity index (χ3v) is 4.81. The summed E-state index contributed by atoms with van der Waals surface area (Å²) in [5.74, 6) is -0.617. The van der Waals surface area contributed by atoms with Crippen LogP contribution in [-0.4, -0.2) is 33.2 Å². The Hall–Kier alpha value is -2.97. The lowest BCUT2D eigenvalue weighted by atomic mass is 10.0. The Morgan fingerprint density at radius 2 is 2.07 bits per heavy atom. The van der Waals surface area contributed by atoms with Crippen LogP contribution in [0, 0.1) is 0 Å². The molecule has 154 valence electrons. The van der Waals surface area contributed by atoms with Gasteiger partial charge in [-0.3, -0.25) is 19.6 Å². The maximum Gasteiger partial charge on any atom is 0.416 e. The van der Waals surface area contributed by atoms with E-state index in [1.165, 1.54) is 6.92 Å².